The molecule has 0 aromatic carbocycles. The Morgan fingerprint density at radius 2 is 2.07 bits per heavy atom. The van der Waals surface area contributed by atoms with E-state index in [9.17, 15) is 0 Å². The van der Waals surface area contributed by atoms with Gasteiger partial charge in [-0.25, -0.2) is 0 Å². The zero-order valence-corrected chi connectivity index (χ0v) is 8.62. The molecule has 14 heavy (non-hydrogen) atoms. The lowest BCUT2D eigenvalue weighted by Gasteiger charge is -2.02. The van der Waals surface area contributed by atoms with Crippen LogP contribution in [0.15, 0.2) is 35.1 Å². The maximum atomic E-state index is 5.20. The molecule has 1 aliphatic heterocycles. The molecule has 2 aliphatic rings. The summed E-state index contributed by atoms with van der Waals surface area (Å²) in [4.78, 5) is 0. The first-order valence-electron chi connectivity index (χ1n) is 5.35. The average Bonchev–Trinajstić information content (AvgIpc) is 2.63. The molecular formula is C13H16O. The molecule has 0 fully saturated rings. The molecule has 0 atom stereocenters. The van der Waals surface area contributed by atoms with Crippen LogP contribution in [0.2, 0.25) is 0 Å². The minimum atomic E-state index is 1.18. The second-order valence-corrected chi connectivity index (χ2v) is 3.74. The van der Waals surface area contributed by atoms with Crippen LogP contribution in [-0.2, 0) is 6.42 Å². The van der Waals surface area contributed by atoms with Crippen LogP contribution in [-0.4, -0.2) is 0 Å². The molecule has 0 amide bonds. The second-order valence-electron chi connectivity index (χ2n) is 3.74. The lowest BCUT2D eigenvalue weighted by Crippen LogP contribution is -1.85. The van der Waals surface area contributed by atoms with Gasteiger partial charge in [0.2, 0.25) is 0 Å². The largest absolute Gasteiger partial charge is 0.472 e. The highest BCUT2D eigenvalue weighted by Gasteiger charge is 2.08. The number of hydrogen-bond acceptors (Lipinski definition) is 1. The van der Waals surface area contributed by atoms with Crippen molar-refractivity contribution in [2.45, 2.75) is 32.6 Å². The summed E-state index contributed by atoms with van der Waals surface area (Å²) < 4.78 is 5.20. The van der Waals surface area contributed by atoms with Gasteiger partial charge in [-0.2, -0.15) is 0 Å². The Hall–Kier alpha value is -1.24. The molecule has 0 spiro atoms. The molecule has 0 aromatic heterocycles. The van der Waals surface area contributed by atoms with Crippen LogP contribution >= 0.6 is 0 Å². The average molecular weight is 188 g/mol. The first kappa shape index (κ1) is 9.32. The van der Waals surface area contributed by atoms with Gasteiger partial charge >= 0.3 is 0 Å². The number of aryl methyl sites for hydroxylation is 1. The van der Waals surface area contributed by atoms with E-state index < -0.39 is 0 Å². The van der Waals surface area contributed by atoms with E-state index in [1.54, 1.807) is 6.26 Å². The first-order valence-corrected chi connectivity index (χ1v) is 5.35. The van der Waals surface area contributed by atoms with Gasteiger partial charge in [0.15, 0.2) is 0 Å². The molecule has 74 valence electrons. The normalized spacial score (nSPS) is 10.9. The van der Waals surface area contributed by atoms with Crippen LogP contribution in [0.1, 0.15) is 31.7 Å². The third-order valence-corrected chi connectivity index (χ3v) is 2.68. The molecule has 0 N–H and O–H groups in total. The Balaban J connectivity index is 2.11. The van der Waals surface area contributed by atoms with E-state index in [1.807, 2.05) is 12.3 Å². The topological polar surface area (TPSA) is 13.1 Å². The Labute approximate surface area is 85.1 Å². The van der Waals surface area contributed by atoms with Gasteiger partial charge in [-0.3, -0.25) is 0 Å². The number of unbranched alkanes of at least 4 members (excludes halogenated alkanes) is 2. The van der Waals surface area contributed by atoms with Crippen LogP contribution < -0.4 is 0 Å². The first-order chi connectivity index (χ1) is 6.92. The van der Waals surface area contributed by atoms with Crippen LogP contribution in [0, 0.1) is 0 Å². The highest BCUT2D eigenvalue weighted by molar-refractivity contribution is 5.69. The van der Waals surface area contributed by atoms with E-state index in [0.29, 0.717) is 0 Å². The highest BCUT2D eigenvalue weighted by Crippen LogP contribution is 2.28. The summed E-state index contributed by atoms with van der Waals surface area (Å²) in [7, 11) is 0. The molecule has 0 bridgehead atoms. The minimum Gasteiger partial charge on any atom is -0.472 e. The van der Waals surface area contributed by atoms with Crippen LogP contribution in [0.25, 0.3) is 11.1 Å². The lowest BCUT2D eigenvalue weighted by molar-refractivity contribution is 0.551. The van der Waals surface area contributed by atoms with Crippen molar-refractivity contribution in [3.63, 3.8) is 0 Å². The number of fused-ring (bicyclic) bond motifs is 1. The van der Waals surface area contributed by atoms with Gasteiger partial charge in [0, 0.05) is 5.56 Å². The summed E-state index contributed by atoms with van der Waals surface area (Å²) in [5.41, 5.74) is 4.00. The molecule has 2 rings (SSSR count). The molecule has 1 heterocycles. The van der Waals surface area contributed by atoms with Gasteiger partial charge in [-0.05, 0) is 30.0 Å². The van der Waals surface area contributed by atoms with E-state index in [4.69, 9.17) is 4.42 Å². The fourth-order valence-corrected chi connectivity index (χ4v) is 1.85. The maximum Gasteiger partial charge on any atom is 0.0982 e. The minimum absolute atomic E-state index is 1.18. The van der Waals surface area contributed by atoms with Crippen molar-refractivity contribution in [3.05, 3.63) is 36.3 Å². The predicted molar refractivity (Wildman–Crippen MR) is 58.6 cm³/mol. The van der Waals surface area contributed by atoms with Crippen molar-refractivity contribution in [2.75, 3.05) is 0 Å². The summed E-state index contributed by atoms with van der Waals surface area (Å²) in [6, 6.07) is 6.42. The van der Waals surface area contributed by atoms with E-state index in [1.165, 1.54) is 42.4 Å². The van der Waals surface area contributed by atoms with Gasteiger partial charge in [0.1, 0.15) is 0 Å². The second kappa shape index (κ2) is 4.32. The molecular weight excluding hydrogens is 172 g/mol. The Bertz CT molecular complexity index is 362. The van der Waals surface area contributed by atoms with Crippen molar-refractivity contribution in [1.82, 2.24) is 0 Å². The number of hydrogen-bond donors (Lipinski definition) is 0. The quantitative estimate of drug-likeness (QED) is 0.658. The van der Waals surface area contributed by atoms with Crippen LogP contribution in [0.4, 0.5) is 0 Å². The van der Waals surface area contributed by atoms with E-state index in [2.05, 4.69) is 19.1 Å². The number of rotatable bonds is 4. The van der Waals surface area contributed by atoms with Crippen molar-refractivity contribution in [3.8, 4) is 11.1 Å². The third-order valence-electron chi connectivity index (χ3n) is 2.68. The van der Waals surface area contributed by atoms with Crippen LogP contribution in [0.5, 0.6) is 0 Å². The molecule has 0 radical (unpaired) electrons. The van der Waals surface area contributed by atoms with Crippen molar-refractivity contribution >= 4 is 0 Å². The van der Waals surface area contributed by atoms with Gasteiger partial charge in [-0.1, -0.05) is 31.9 Å². The van der Waals surface area contributed by atoms with Crippen molar-refractivity contribution < 1.29 is 4.42 Å². The smallest absolute Gasteiger partial charge is 0.0982 e. The Kier molecular flexibility index (Phi) is 2.87. The highest BCUT2D eigenvalue weighted by atomic mass is 16.3. The zero-order chi connectivity index (χ0) is 9.80. The fourth-order valence-electron chi connectivity index (χ4n) is 1.85. The summed E-state index contributed by atoms with van der Waals surface area (Å²) in [5.74, 6) is 0. The Morgan fingerprint density at radius 1 is 1.14 bits per heavy atom. The van der Waals surface area contributed by atoms with Gasteiger partial charge in [0.05, 0.1) is 12.5 Å². The van der Waals surface area contributed by atoms with Crippen molar-refractivity contribution in [1.29, 1.82) is 0 Å². The molecule has 0 aromatic rings. The van der Waals surface area contributed by atoms with Crippen molar-refractivity contribution in [2.24, 2.45) is 0 Å². The standard InChI is InChI=1S/C13H16O/c1-2-3-4-5-11-6-7-12-8-9-14-10-13(11)12/h6-10H,2-5H2,1H3. The predicted octanol–water partition coefficient (Wildman–Crippen LogP) is 4.12. The van der Waals surface area contributed by atoms with Crippen LogP contribution in [0.3, 0.4) is 0 Å². The monoisotopic (exact) mass is 188 g/mol. The molecule has 1 heteroatoms. The fraction of sp³-hybridized carbons (Fsp3) is 0.385. The SMILES string of the molecule is CCCCCc1ccc2ccocc1-2. The third kappa shape index (κ3) is 1.82. The van der Waals surface area contributed by atoms with E-state index in [0.717, 1.165) is 0 Å². The molecule has 1 nitrogen and oxygen atoms in total. The van der Waals surface area contributed by atoms with E-state index >= 15 is 0 Å². The maximum absolute atomic E-state index is 5.20. The van der Waals surface area contributed by atoms with Gasteiger partial charge in [0.25, 0.3) is 0 Å². The molecule has 1 aliphatic carbocycles. The summed E-state index contributed by atoms with van der Waals surface area (Å²) in [5, 5.41) is 0. The van der Waals surface area contributed by atoms with Gasteiger partial charge in [-0.15, -0.1) is 0 Å². The molecule has 0 unspecified atom stereocenters. The molecule has 0 saturated heterocycles. The summed E-state index contributed by atoms with van der Waals surface area (Å²) in [6.45, 7) is 2.23. The summed E-state index contributed by atoms with van der Waals surface area (Å²) >= 11 is 0. The van der Waals surface area contributed by atoms with E-state index in [-0.39, 0.29) is 0 Å². The van der Waals surface area contributed by atoms with Gasteiger partial charge < -0.3 is 4.42 Å². The summed E-state index contributed by atoms with van der Waals surface area (Å²) in [6.07, 6.45) is 8.65. The lowest BCUT2D eigenvalue weighted by atomic mass is 10.0. The molecule has 0 saturated carbocycles. The Morgan fingerprint density at radius 3 is 2.93 bits per heavy atom. The zero-order valence-electron chi connectivity index (χ0n) is 8.62.